The molecule has 0 saturated heterocycles. The van der Waals surface area contributed by atoms with Gasteiger partial charge in [-0.3, -0.25) is 9.69 Å². The van der Waals surface area contributed by atoms with Gasteiger partial charge in [0.25, 0.3) is 5.91 Å². The van der Waals surface area contributed by atoms with Gasteiger partial charge in [-0.1, -0.05) is 24.4 Å². The number of amides is 1. The quantitative estimate of drug-likeness (QED) is 0.811. The monoisotopic (exact) mass is 373 g/mol. The van der Waals surface area contributed by atoms with Crippen LogP contribution in [0.15, 0.2) is 16.7 Å². The molecule has 4 rings (SSSR count). The van der Waals surface area contributed by atoms with Crippen LogP contribution in [0.25, 0.3) is 0 Å². The van der Waals surface area contributed by atoms with Crippen molar-refractivity contribution in [3.63, 3.8) is 0 Å². The molecule has 2 aromatic heterocycles. The maximum absolute atomic E-state index is 12.2. The van der Waals surface area contributed by atoms with Gasteiger partial charge in [0, 0.05) is 44.0 Å². The van der Waals surface area contributed by atoms with Gasteiger partial charge in [0.15, 0.2) is 5.76 Å². The van der Waals surface area contributed by atoms with Crippen molar-refractivity contribution in [3.8, 4) is 0 Å². The third-order valence-electron chi connectivity index (χ3n) is 5.54. The molecule has 0 spiro atoms. The Hall–Kier alpha value is -1.66. The lowest BCUT2D eigenvalue weighted by molar-refractivity contribution is 0.0832. The summed E-state index contributed by atoms with van der Waals surface area (Å²) in [7, 11) is 3.61. The third-order valence-corrected chi connectivity index (χ3v) is 6.77. The highest BCUT2D eigenvalue weighted by atomic mass is 32.1. The minimum absolute atomic E-state index is 0.100. The number of carbonyl (C=O) groups excluding carboxylic acids is 1. The zero-order chi connectivity index (χ0) is 18.1. The van der Waals surface area contributed by atoms with E-state index in [-0.39, 0.29) is 5.91 Å². The van der Waals surface area contributed by atoms with E-state index in [4.69, 9.17) is 4.52 Å². The highest BCUT2D eigenvalue weighted by Crippen LogP contribution is 2.33. The van der Waals surface area contributed by atoms with E-state index >= 15 is 0 Å². The van der Waals surface area contributed by atoms with Gasteiger partial charge in [0.05, 0.1) is 17.1 Å². The molecule has 140 valence electrons. The minimum Gasteiger partial charge on any atom is -0.360 e. The van der Waals surface area contributed by atoms with Crippen molar-refractivity contribution in [2.45, 2.75) is 57.5 Å². The average Bonchev–Trinajstić information content (AvgIpc) is 3.28. The predicted molar refractivity (Wildman–Crippen MR) is 102 cm³/mol. The fourth-order valence-corrected chi connectivity index (χ4v) is 5.25. The van der Waals surface area contributed by atoms with Crippen LogP contribution in [-0.2, 0) is 19.5 Å². The Labute approximate surface area is 159 Å². The molecule has 0 radical (unpaired) electrons. The molecule has 5 nitrogen and oxygen atoms in total. The fourth-order valence-electron chi connectivity index (χ4n) is 4.07. The van der Waals surface area contributed by atoms with Crippen LogP contribution < -0.4 is 0 Å². The molecule has 1 amide bonds. The molecule has 1 saturated carbocycles. The maximum Gasteiger partial charge on any atom is 0.263 e. The van der Waals surface area contributed by atoms with Gasteiger partial charge >= 0.3 is 0 Å². The molecule has 1 aliphatic heterocycles. The topological polar surface area (TPSA) is 49.6 Å². The molecular weight excluding hydrogens is 346 g/mol. The highest BCUT2D eigenvalue weighted by Gasteiger charge is 2.24. The van der Waals surface area contributed by atoms with Crippen molar-refractivity contribution in [1.29, 1.82) is 0 Å². The number of fused-ring (bicyclic) bond motifs is 1. The molecule has 3 heterocycles. The van der Waals surface area contributed by atoms with Crippen LogP contribution in [0.4, 0.5) is 0 Å². The molecule has 1 aliphatic carbocycles. The molecule has 0 unspecified atom stereocenters. The Morgan fingerprint density at radius 3 is 2.88 bits per heavy atom. The van der Waals surface area contributed by atoms with Gasteiger partial charge in [-0.25, -0.2) is 0 Å². The average molecular weight is 374 g/mol. The van der Waals surface area contributed by atoms with Crippen LogP contribution in [0.1, 0.15) is 69.6 Å². The first-order valence-electron chi connectivity index (χ1n) is 9.61. The Kier molecular flexibility index (Phi) is 5.14. The van der Waals surface area contributed by atoms with Gasteiger partial charge in [-0.2, -0.15) is 0 Å². The summed E-state index contributed by atoms with van der Waals surface area (Å²) in [4.78, 5) is 18.4. The van der Waals surface area contributed by atoms with E-state index in [2.05, 4.69) is 22.2 Å². The molecule has 2 aromatic rings. The molecule has 0 atom stereocenters. The lowest BCUT2D eigenvalue weighted by atomic mass is 9.87. The number of nitrogens with zero attached hydrogens (tertiary/aromatic N) is 3. The Morgan fingerprint density at radius 1 is 1.31 bits per heavy atom. The standard InChI is InChI=1S/C20H27N3O2S/c1-22(2)20(24)19-10-15-12-23(9-8-18(15)26-19)13-16-11-17(21-25-16)14-6-4-3-5-7-14/h10-11,14H,3-9,12-13H2,1-2H3. The van der Waals surface area contributed by atoms with Crippen molar-refractivity contribution in [1.82, 2.24) is 15.0 Å². The number of aromatic nitrogens is 1. The van der Waals surface area contributed by atoms with Crippen molar-refractivity contribution < 1.29 is 9.32 Å². The van der Waals surface area contributed by atoms with Crippen molar-refractivity contribution in [2.24, 2.45) is 0 Å². The lowest BCUT2D eigenvalue weighted by Crippen LogP contribution is -2.28. The van der Waals surface area contributed by atoms with Gasteiger partial charge in [-0.05, 0) is 30.9 Å². The van der Waals surface area contributed by atoms with Crippen molar-refractivity contribution in [3.05, 3.63) is 38.9 Å². The number of carbonyl (C=O) groups is 1. The van der Waals surface area contributed by atoms with Gasteiger partial charge < -0.3 is 9.42 Å². The van der Waals surface area contributed by atoms with Crippen LogP contribution in [0.5, 0.6) is 0 Å². The van der Waals surface area contributed by atoms with Gasteiger partial charge in [0.1, 0.15) is 0 Å². The van der Waals surface area contributed by atoms with Crippen LogP contribution in [0.2, 0.25) is 0 Å². The maximum atomic E-state index is 12.2. The molecule has 2 aliphatic rings. The molecule has 0 N–H and O–H groups in total. The number of thiophene rings is 1. The van der Waals surface area contributed by atoms with E-state index < -0.39 is 0 Å². The van der Waals surface area contributed by atoms with E-state index in [0.717, 1.165) is 42.4 Å². The van der Waals surface area contributed by atoms with Crippen LogP contribution in [0.3, 0.4) is 0 Å². The van der Waals surface area contributed by atoms with Crippen molar-refractivity contribution in [2.75, 3.05) is 20.6 Å². The zero-order valence-electron chi connectivity index (χ0n) is 15.7. The summed E-state index contributed by atoms with van der Waals surface area (Å²) in [5.74, 6) is 1.66. The molecule has 0 aromatic carbocycles. The second kappa shape index (κ2) is 7.53. The lowest BCUT2D eigenvalue weighted by Gasteiger charge is -2.25. The summed E-state index contributed by atoms with van der Waals surface area (Å²) >= 11 is 1.65. The molecule has 6 heteroatoms. The number of hydrogen-bond donors (Lipinski definition) is 0. The first-order chi connectivity index (χ1) is 12.6. The summed E-state index contributed by atoms with van der Waals surface area (Å²) in [5, 5.41) is 4.35. The summed E-state index contributed by atoms with van der Waals surface area (Å²) in [6, 6.07) is 4.24. The third kappa shape index (κ3) is 3.71. The first-order valence-corrected chi connectivity index (χ1v) is 10.4. The Morgan fingerprint density at radius 2 is 2.12 bits per heavy atom. The molecule has 0 bridgehead atoms. The number of hydrogen-bond acceptors (Lipinski definition) is 5. The normalized spacial score (nSPS) is 18.7. The first kappa shape index (κ1) is 17.7. The van der Waals surface area contributed by atoms with E-state index in [0.29, 0.717) is 5.92 Å². The number of rotatable bonds is 4. The van der Waals surface area contributed by atoms with Gasteiger partial charge in [-0.15, -0.1) is 11.3 Å². The second-order valence-corrected chi connectivity index (χ2v) is 8.91. The highest BCUT2D eigenvalue weighted by molar-refractivity contribution is 7.14. The van der Waals surface area contributed by atoms with E-state index in [1.807, 2.05) is 0 Å². The van der Waals surface area contributed by atoms with Crippen LogP contribution >= 0.6 is 11.3 Å². The summed E-state index contributed by atoms with van der Waals surface area (Å²) < 4.78 is 5.63. The van der Waals surface area contributed by atoms with Crippen molar-refractivity contribution >= 4 is 17.2 Å². The predicted octanol–water partition coefficient (Wildman–Crippen LogP) is 4.04. The smallest absolute Gasteiger partial charge is 0.263 e. The fraction of sp³-hybridized carbons (Fsp3) is 0.600. The zero-order valence-corrected chi connectivity index (χ0v) is 16.5. The molecule has 26 heavy (non-hydrogen) atoms. The minimum atomic E-state index is 0.100. The van der Waals surface area contributed by atoms with Gasteiger partial charge in [0.2, 0.25) is 0 Å². The summed E-state index contributed by atoms with van der Waals surface area (Å²) in [6.45, 7) is 2.68. The SMILES string of the molecule is CN(C)C(=O)c1cc2c(s1)CCN(Cc1cc(C3CCCCC3)no1)C2. The van der Waals surface area contributed by atoms with E-state index in [1.54, 1.807) is 30.3 Å². The largest absolute Gasteiger partial charge is 0.360 e. The Bertz CT molecular complexity index is 774. The second-order valence-electron chi connectivity index (χ2n) is 7.77. The van der Waals surface area contributed by atoms with E-state index in [9.17, 15) is 4.79 Å². The summed E-state index contributed by atoms with van der Waals surface area (Å²) in [6.07, 6.45) is 7.48. The van der Waals surface area contributed by atoms with Crippen LogP contribution in [0, 0.1) is 0 Å². The van der Waals surface area contributed by atoms with Crippen LogP contribution in [-0.4, -0.2) is 41.5 Å². The molecule has 1 fully saturated rings. The molecular formula is C20H27N3O2S. The Balaban J connectivity index is 1.40. The summed E-state index contributed by atoms with van der Waals surface area (Å²) in [5.41, 5.74) is 2.44. The van der Waals surface area contributed by atoms with E-state index in [1.165, 1.54) is 42.5 Å².